The summed E-state index contributed by atoms with van der Waals surface area (Å²) in [5, 5.41) is 3.45. The van der Waals surface area contributed by atoms with Gasteiger partial charge >= 0.3 is 0 Å². The highest BCUT2D eigenvalue weighted by atomic mass is 16.5. The molecule has 21 heavy (non-hydrogen) atoms. The number of benzene rings is 1. The van der Waals surface area contributed by atoms with Crippen molar-refractivity contribution in [3.05, 3.63) is 30.3 Å². The first kappa shape index (κ1) is 14.4. The molecule has 2 heterocycles. The minimum atomic E-state index is -0.414. The van der Waals surface area contributed by atoms with Gasteiger partial charge in [-0.15, -0.1) is 0 Å². The van der Waals surface area contributed by atoms with Crippen LogP contribution in [0.2, 0.25) is 0 Å². The Morgan fingerprint density at radius 2 is 1.95 bits per heavy atom. The van der Waals surface area contributed by atoms with E-state index in [0.717, 1.165) is 44.8 Å². The van der Waals surface area contributed by atoms with E-state index in [1.807, 2.05) is 42.2 Å². The van der Waals surface area contributed by atoms with Crippen molar-refractivity contribution in [2.75, 3.05) is 26.2 Å². The van der Waals surface area contributed by atoms with Crippen molar-refractivity contribution in [3.8, 4) is 5.75 Å². The number of likely N-dealkylation sites (tertiary alicyclic amines) is 1. The fourth-order valence-corrected chi connectivity index (χ4v) is 3.43. The first-order valence-corrected chi connectivity index (χ1v) is 7.90. The van der Waals surface area contributed by atoms with Crippen LogP contribution in [0, 0.1) is 5.41 Å². The smallest absolute Gasteiger partial charge is 0.263 e. The van der Waals surface area contributed by atoms with Crippen molar-refractivity contribution < 1.29 is 9.53 Å². The lowest BCUT2D eigenvalue weighted by Crippen LogP contribution is -2.48. The number of nitrogens with one attached hydrogen (secondary N) is 1. The molecule has 1 N–H and O–H groups in total. The van der Waals surface area contributed by atoms with Crippen LogP contribution in [0.4, 0.5) is 0 Å². The van der Waals surface area contributed by atoms with Crippen LogP contribution < -0.4 is 10.1 Å². The molecule has 1 amide bonds. The number of amides is 1. The van der Waals surface area contributed by atoms with Crippen LogP contribution in [0.1, 0.15) is 26.2 Å². The third kappa shape index (κ3) is 3.21. The first-order chi connectivity index (χ1) is 10.2. The molecule has 2 aliphatic heterocycles. The zero-order valence-corrected chi connectivity index (χ0v) is 12.7. The van der Waals surface area contributed by atoms with E-state index >= 15 is 0 Å². The van der Waals surface area contributed by atoms with Gasteiger partial charge in [0.05, 0.1) is 0 Å². The second-order valence-electron chi connectivity index (χ2n) is 6.33. The molecule has 2 aliphatic rings. The van der Waals surface area contributed by atoms with Gasteiger partial charge in [-0.3, -0.25) is 4.79 Å². The predicted molar refractivity (Wildman–Crippen MR) is 82.3 cm³/mol. The average molecular weight is 288 g/mol. The maximum Gasteiger partial charge on any atom is 0.263 e. The monoisotopic (exact) mass is 288 g/mol. The molecule has 4 nitrogen and oxygen atoms in total. The number of hydrogen-bond donors (Lipinski definition) is 1. The molecule has 0 saturated carbocycles. The van der Waals surface area contributed by atoms with E-state index in [1.54, 1.807) is 0 Å². The highest BCUT2D eigenvalue weighted by molar-refractivity contribution is 5.81. The van der Waals surface area contributed by atoms with Crippen LogP contribution in [0.5, 0.6) is 5.75 Å². The number of carbonyl (C=O) groups is 1. The second-order valence-corrected chi connectivity index (χ2v) is 6.33. The zero-order chi connectivity index (χ0) is 14.7. The molecule has 114 valence electrons. The van der Waals surface area contributed by atoms with Crippen molar-refractivity contribution in [2.24, 2.45) is 5.41 Å². The summed E-state index contributed by atoms with van der Waals surface area (Å²) in [7, 11) is 0. The van der Waals surface area contributed by atoms with Gasteiger partial charge in [-0.05, 0) is 50.3 Å². The number of rotatable bonds is 3. The average Bonchev–Trinajstić information content (AvgIpc) is 2.96. The second kappa shape index (κ2) is 6.06. The van der Waals surface area contributed by atoms with Crippen LogP contribution in [-0.4, -0.2) is 43.1 Å². The van der Waals surface area contributed by atoms with Gasteiger partial charge in [-0.1, -0.05) is 18.2 Å². The van der Waals surface area contributed by atoms with E-state index in [2.05, 4.69) is 5.32 Å². The summed E-state index contributed by atoms with van der Waals surface area (Å²) in [6.45, 7) is 5.81. The lowest BCUT2D eigenvalue weighted by Gasteiger charge is -2.39. The van der Waals surface area contributed by atoms with E-state index in [9.17, 15) is 4.79 Å². The van der Waals surface area contributed by atoms with Crippen LogP contribution in [-0.2, 0) is 4.79 Å². The van der Waals surface area contributed by atoms with E-state index in [1.165, 1.54) is 6.42 Å². The van der Waals surface area contributed by atoms with Crippen LogP contribution in [0.15, 0.2) is 30.3 Å². The summed E-state index contributed by atoms with van der Waals surface area (Å²) in [6, 6.07) is 9.56. The molecule has 0 aliphatic carbocycles. The Kier molecular flexibility index (Phi) is 4.15. The lowest BCUT2D eigenvalue weighted by atomic mass is 9.78. The SMILES string of the molecule is CC(Oc1ccccc1)C(=O)N1CCC2(CCNC2)CC1. The molecule has 2 saturated heterocycles. The number of carbonyl (C=O) groups excluding carboxylic acids is 1. The minimum Gasteiger partial charge on any atom is -0.481 e. The Morgan fingerprint density at radius 3 is 2.57 bits per heavy atom. The van der Waals surface area contributed by atoms with E-state index in [-0.39, 0.29) is 5.91 Å². The topological polar surface area (TPSA) is 41.6 Å². The highest BCUT2D eigenvalue weighted by Crippen LogP contribution is 2.37. The van der Waals surface area contributed by atoms with E-state index < -0.39 is 6.10 Å². The molecule has 1 spiro atoms. The molecule has 1 unspecified atom stereocenters. The summed E-state index contributed by atoms with van der Waals surface area (Å²) < 4.78 is 5.74. The Bertz CT molecular complexity index is 473. The number of nitrogens with zero attached hydrogens (tertiary/aromatic N) is 1. The Balaban J connectivity index is 1.54. The van der Waals surface area contributed by atoms with Gasteiger partial charge in [-0.2, -0.15) is 0 Å². The molecule has 3 rings (SSSR count). The quantitative estimate of drug-likeness (QED) is 0.925. The van der Waals surface area contributed by atoms with Gasteiger partial charge in [0.25, 0.3) is 5.91 Å². The fraction of sp³-hybridized carbons (Fsp3) is 0.588. The van der Waals surface area contributed by atoms with Gasteiger partial charge in [-0.25, -0.2) is 0 Å². The molecule has 0 aromatic heterocycles. The maximum absolute atomic E-state index is 12.5. The van der Waals surface area contributed by atoms with Crippen LogP contribution in [0.25, 0.3) is 0 Å². The summed E-state index contributed by atoms with van der Waals surface area (Å²) in [5.41, 5.74) is 0.445. The van der Waals surface area contributed by atoms with E-state index in [0.29, 0.717) is 5.41 Å². The van der Waals surface area contributed by atoms with Gasteiger partial charge < -0.3 is 15.0 Å². The van der Waals surface area contributed by atoms with Gasteiger partial charge in [0.15, 0.2) is 6.10 Å². The number of para-hydroxylation sites is 1. The number of piperidine rings is 1. The van der Waals surface area contributed by atoms with Crippen LogP contribution >= 0.6 is 0 Å². The normalized spacial score (nSPS) is 22.2. The van der Waals surface area contributed by atoms with Gasteiger partial charge in [0.1, 0.15) is 5.75 Å². The molecule has 1 atom stereocenters. The Labute approximate surface area is 126 Å². The molecular formula is C17H24N2O2. The Morgan fingerprint density at radius 1 is 1.24 bits per heavy atom. The van der Waals surface area contributed by atoms with Crippen molar-refractivity contribution in [1.82, 2.24) is 10.2 Å². The highest BCUT2D eigenvalue weighted by Gasteiger charge is 2.38. The summed E-state index contributed by atoms with van der Waals surface area (Å²) in [6.07, 6.45) is 3.07. The lowest BCUT2D eigenvalue weighted by molar-refractivity contribution is -0.140. The fourth-order valence-electron chi connectivity index (χ4n) is 3.43. The van der Waals surface area contributed by atoms with Gasteiger partial charge in [0, 0.05) is 19.6 Å². The summed E-state index contributed by atoms with van der Waals surface area (Å²) in [4.78, 5) is 14.5. The molecular weight excluding hydrogens is 264 g/mol. The van der Waals surface area contributed by atoms with Crippen LogP contribution in [0.3, 0.4) is 0 Å². The Hall–Kier alpha value is -1.55. The van der Waals surface area contributed by atoms with Crippen molar-refractivity contribution in [3.63, 3.8) is 0 Å². The third-order valence-corrected chi connectivity index (χ3v) is 4.87. The standard InChI is InChI=1S/C17H24N2O2/c1-14(21-15-5-3-2-4-6-15)16(20)19-11-8-17(9-12-19)7-10-18-13-17/h2-6,14,18H,7-13H2,1H3. The molecule has 2 fully saturated rings. The number of hydrogen-bond acceptors (Lipinski definition) is 3. The van der Waals surface area contributed by atoms with Crippen molar-refractivity contribution in [2.45, 2.75) is 32.3 Å². The first-order valence-electron chi connectivity index (χ1n) is 7.90. The molecule has 1 aromatic rings. The van der Waals surface area contributed by atoms with Gasteiger partial charge in [0.2, 0.25) is 0 Å². The zero-order valence-electron chi connectivity index (χ0n) is 12.7. The number of ether oxygens (including phenoxy) is 1. The molecule has 0 radical (unpaired) electrons. The third-order valence-electron chi connectivity index (χ3n) is 4.87. The maximum atomic E-state index is 12.5. The largest absolute Gasteiger partial charge is 0.481 e. The summed E-state index contributed by atoms with van der Waals surface area (Å²) in [5.74, 6) is 0.867. The molecule has 1 aromatic carbocycles. The minimum absolute atomic E-state index is 0.111. The van der Waals surface area contributed by atoms with Crippen molar-refractivity contribution in [1.29, 1.82) is 0 Å². The predicted octanol–water partition coefficient (Wildman–Crippen LogP) is 2.06. The van der Waals surface area contributed by atoms with E-state index in [4.69, 9.17) is 4.74 Å². The van der Waals surface area contributed by atoms with Crippen molar-refractivity contribution >= 4 is 5.91 Å². The summed E-state index contributed by atoms with van der Waals surface area (Å²) >= 11 is 0. The molecule has 4 heteroatoms. The molecule has 0 bridgehead atoms.